The van der Waals surface area contributed by atoms with Gasteiger partial charge >= 0.3 is 0 Å². The molecule has 0 bridgehead atoms. The summed E-state index contributed by atoms with van der Waals surface area (Å²) in [5.74, 6) is 1.01. The Morgan fingerprint density at radius 1 is 1.60 bits per heavy atom. The van der Waals surface area contributed by atoms with Crippen molar-refractivity contribution in [2.24, 2.45) is 11.7 Å². The maximum absolute atomic E-state index is 11.7. The molecule has 0 aliphatic heterocycles. The number of thiazole rings is 1. The molecule has 0 unspecified atom stereocenters. The van der Waals surface area contributed by atoms with Crippen LogP contribution >= 0.6 is 11.3 Å². The van der Waals surface area contributed by atoms with Crippen LogP contribution in [0.4, 0.5) is 0 Å². The molecule has 1 heterocycles. The van der Waals surface area contributed by atoms with Crippen LogP contribution in [0.1, 0.15) is 41.2 Å². The lowest BCUT2D eigenvalue weighted by molar-refractivity contribution is 0.0973. The Morgan fingerprint density at radius 3 is 3.07 bits per heavy atom. The van der Waals surface area contributed by atoms with Crippen LogP contribution in [0.15, 0.2) is 5.38 Å². The van der Waals surface area contributed by atoms with Crippen molar-refractivity contribution < 1.29 is 4.79 Å². The molecule has 0 radical (unpaired) electrons. The molecule has 1 aliphatic carbocycles. The van der Waals surface area contributed by atoms with Gasteiger partial charge in [0.25, 0.3) is 0 Å². The van der Waals surface area contributed by atoms with Gasteiger partial charge in [0.15, 0.2) is 5.78 Å². The number of rotatable bonds is 6. The average molecular weight is 224 g/mol. The molecule has 2 rings (SSSR count). The lowest BCUT2D eigenvalue weighted by Gasteiger charge is -1.95. The maximum Gasteiger partial charge on any atom is 0.182 e. The van der Waals surface area contributed by atoms with Gasteiger partial charge in [0, 0.05) is 18.2 Å². The first-order valence-electron chi connectivity index (χ1n) is 5.47. The van der Waals surface area contributed by atoms with E-state index in [1.165, 1.54) is 12.8 Å². The van der Waals surface area contributed by atoms with Gasteiger partial charge in [-0.15, -0.1) is 11.3 Å². The van der Waals surface area contributed by atoms with Gasteiger partial charge in [0.1, 0.15) is 5.69 Å². The molecule has 0 spiro atoms. The van der Waals surface area contributed by atoms with Gasteiger partial charge in [-0.05, 0) is 18.9 Å². The third kappa shape index (κ3) is 3.11. The molecule has 0 aromatic carbocycles. The van der Waals surface area contributed by atoms with E-state index >= 15 is 0 Å². The molecule has 3 nitrogen and oxygen atoms in total. The minimum absolute atomic E-state index is 0.196. The summed E-state index contributed by atoms with van der Waals surface area (Å²) < 4.78 is 0. The summed E-state index contributed by atoms with van der Waals surface area (Å²) >= 11 is 1.54. The molecule has 0 amide bonds. The second-order valence-electron chi connectivity index (χ2n) is 4.07. The van der Waals surface area contributed by atoms with E-state index < -0.39 is 0 Å². The second-order valence-corrected chi connectivity index (χ2v) is 5.01. The van der Waals surface area contributed by atoms with Crippen LogP contribution in [-0.4, -0.2) is 17.3 Å². The number of nitrogens with two attached hydrogens (primary N) is 1. The Hall–Kier alpha value is -0.740. The fourth-order valence-electron chi connectivity index (χ4n) is 1.55. The minimum atomic E-state index is 0.196. The molecule has 1 saturated carbocycles. The van der Waals surface area contributed by atoms with Crippen LogP contribution in [0.5, 0.6) is 0 Å². The lowest BCUT2D eigenvalue weighted by Crippen LogP contribution is -2.04. The van der Waals surface area contributed by atoms with Crippen LogP contribution in [0.25, 0.3) is 0 Å². The fraction of sp³-hybridized carbons (Fsp3) is 0.636. The van der Waals surface area contributed by atoms with E-state index in [0.29, 0.717) is 18.7 Å². The van der Waals surface area contributed by atoms with E-state index in [4.69, 9.17) is 5.73 Å². The Bertz CT molecular complexity index is 344. The van der Waals surface area contributed by atoms with Gasteiger partial charge < -0.3 is 5.73 Å². The highest BCUT2D eigenvalue weighted by molar-refractivity contribution is 7.09. The summed E-state index contributed by atoms with van der Waals surface area (Å²) in [5, 5.41) is 2.84. The Morgan fingerprint density at radius 2 is 2.40 bits per heavy atom. The van der Waals surface area contributed by atoms with Crippen molar-refractivity contribution in [3.05, 3.63) is 16.1 Å². The van der Waals surface area contributed by atoms with E-state index in [-0.39, 0.29) is 5.78 Å². The van der Waals surface area contributed by atoms with E-state index in [1.807, 2.05) is 5.38 Å². The number of hydrogen-bond acceptors (Lipinski definition) is 4. The molecule has 0 atom stereocenters. The van der Waals surface area contributed by atoms with Crippen LogP contribution in [0.2, 0.25) is 0 Å². The summed E-state index contributed by atoms with van der Waals surface area (Å²) in [5.41, 5.74) is 6.08. The molecule has 1 fully saturated rings. The van der Waals surface area contributed by atoms with E-state index in [0.717, 1.165) is 23.8 Å². The number of carbonyl (C=O) groups excluding carboxylic acids is 1. The van der Waals surface area contributed by atoms with E-state index in [2.05, 4.69) is 4.98 Å². The standard InChI is InChI=1S/C11H16N2OS/c12-6-5-11-13-9(7-15-11)10(14)4-3-8-1-2-8/h7-8H,1-6,12H2. The molecule has 4 heteroatoms. The Balaban J connectivity index is 1.86. The molecule has 1 aliphatic rings. The SMILES string of the molecule is NCCc1nc(C(=O)CCC2CC2)cs1. The quantitative estimate of drug-likeness (QED) is 0.752. The number of carbonyl (C=O) groups is 1. The minimum Gasteiger partial charge on any atom is -0.330 e. The number of aromatic nitrogens is 1. The predicted molar refractivity (Wildman–Crippen MR) is 61.2 cm³/mol. The molecule has 1 aromatic heterocycles. The third-order valence-electron chi connectivity index (χ3n) is 2.67. The maximum atomic E-state index is 11.7. The first kappa shape index (κ1) is 10.8. The first-order chi connectivity index (χ1) is 7.29. The largest absolute Gasteiger partial charge is 0.330 e. The van der Waals surface area contributed by atoms with Gasteiger partial charge in [-0.1, -0.05) is 12.8 Å². The van der Waals surface area contributed by atoms with Crippen molar-refractivity contribution in [1.82, 2.24) is 4.98 Å². The summed E-state index contributed by atoms with van der Waals surface area (Å²) in [7, 11) is 0. The summed E-state index contributed by atoms with van der Waals surface area (Å²) in [6, 6.07) is 0. The molecule has 0 saturated heterocycles. The summed E-state index contributed by atoms with van der Waals surface area (Å²) in [4.78, 5) is 16.0. The zero-order chi connectivity index (χ0) is 10.7. The number of nitrogens with zero attached hydrogens (tertiary/aromatic N) is 1. The monoisotopic (exact) mass is 224 g/mol. The van der Waals surface area contributed by atoms with Crippen molar-refractivity contribution in [3.8, 4) is 0 Å². The van der Waals surface area contributed by atoms with Crippen molar-refractivity contribution >= 4 is 17.1 Å². The number of hydrogen-bond donors (Lipinski definition) is 1. The zero-order valence-corrected chi connectivity index (χ0v) is 9.55. The van der Waals surface area contributed by atoms with Crippen molar-refractivity contribution in [2.75, 3.05) is 6.54 Å². The molecule has 1 aromatic rings. The zero-order valence-electron chi connectivity index (χ0n) is 8.74. The highest BCUT2D eigenvalue weighted by Crippen LogP contribution is 2.33. The van der Waals surface area contributed by atoms with Gasteiger partial charge in [-0.3, -0.25) is 4.79 Å². The van der Waals surface area contributed by atoms with Gasteiger partial charge in [0.05, 0.1) is 5.01 Å². The van der Waals surface area contributed by atoms with Crippen LogP contribution in [0.3, 0.4) is 0 Å². The van der Waals surface area contributed by atoms with E-state index in [9.17, 15) is 4.79 Å². The smallest absolute Gasteiger partial charge is 0.182 e. The van der Waals surface area contributed by atoms with Gasteiger partial charge in [-0.25, -0.2) is 4.98 Å². The van der Waals surface area contributed by atoms with Crippen LogP contribution in [0, 0.1) is 5.92 Å². The van der Waals surface area contributed by atoms with E-state index in [1.54, 1.807) is 11.3 Å². The highest BCUT2D eigenvalue weighted by Gasteiger charge is 2.22. The normalized spacial score (nSPS) is 15.5. The third-order valence-corrected chi connectivity index (χ3v) is 3.58. The topological polar surface area (TPSA) is 56.0 Å². The Kier molecular flexibility index (Phi) is 3.49. The fourth-order valence-corrected chi connectivity index (χ4v) is 2.37. The molecular formula is C11H16N2OS. The average Bonchev–Trinajstić information content (AvgIpc) is 2.94. The first-order valence-corrected chi connectivity index (χ1v) is 6.35. The summed E-state index contributed by atoms with van der Waals surface area (Å²) in [6.45, 7) is 0.600. The van der Waals surface area contributed by atoms with Crippen molar-refractivity contribution in [2.45, 2.75) is 32.1 Å². The van der Waals surface area contributed by atoms with Crippen molar-refractivity contribution in [1.29, 1.82) is 0 Å². The number of ketones is 1. The lowest BCUT2D eigenvalue weighted by atomic mass is 10.1. The predicted octanol–water partition coefficient (Wildman–Crippen LogP) is 2.02. The van der Waals surface area contributed by atoms with Gasteiger partial charge in [0.2, 0.25) is 0 Å². The molecule has 2 N–H and O–H groups in total. The second kappa shape index (κ2) is 4.86. The summed E-state index contributed by atoms with van der Waals surface area (Å²) in [6.07, 6.45) is 5.10. The highest BCUT2D eigenvalue weighted by atomic mass is 32.1. The van der Waals surface area contributed by atoms with Crippen LogP contribution < -0.4 is 5.73 Å². The molecular weight excluding hydrogens is 208 g/mol. The molecule has 82 valence electrons. The van der Waals surface area contributed by atoms with Crippen LogP contribution in [-0.2, 0) is 6.42 Å². The number of Topliss-reactive ketones (excluding diaryl/α,β-unsaturated/α-hetero) is 1. The van der Waals surface area contributed by atoms with Gasteiger partial charge in [-0.2, -0.15) is 0 Å². The Labute approximate surface area is 93.7 Å². The molecule has 15 heavy (non-hydrogen) atoms. The van der Waals surface area contributed by atoms with Crippen molar-refractivity contribution in [3.63, 3.8) is 0 Å².